The molecular weight excluding hydrogens is 1240 g/mol. The first kappa shape index (κ1) is 93.8. The largest absolute Gasteiger partial charge is 2.00 e. The Balaban J connectivity index is -0.0000123. The van der Waals surface area contributed by atoms with E-state index in [-0.39, 0.29) is 146 Å². The van der Waals surface area contributed by atoms with Crippen molar-refractivity contribution in [2.75, 3.05) is 13.2 Å². The van der Waals surface area contributed by atoms with E-state index in [4.69, 9.17) is 14.2 Å². The molecule has 0 bridgehead atoms. The number of hydrogen-bond donors (Lipinski definition) is 0. The second kappa shape index (κ2) is 65.1. The van der Waals surface area contributed by atoms with Gasteiger partial charge < -0.3 is 73.6 Å². The smallest absolute Gasteiger partial charge is 0.550 e. The van der Waals surface area contributed by atoms with Gasteiger partial charge in [-0.05, 0) is 120 Å². The van der Waals surface area contributed by atoms with E-state index in [9.17, 15) is 73.8 Å². The molecule has 494 valence electrons. The molecule has 18 nitrogen and oxygen atoms in total. The third-order valence-corrected chi connectivity index (χ3v) is 15.3. The first-order valence-corrected chi connectivity index (χ1v) is 32.6. The molecule has 0 aliphatic heterocycles. The van der Waals surface area contributed by atoms with Crippen molar-refractivity contribution < 1.29 is 88.0 Å². The number of allylic oxidation sites excluding steroid dienone is 12. The summed E-state index contributed by atoms with van der Waals surface area (Å²) in [6.45, 7) is 5.39. The van der Waals surface area contributed by atoms with Crippen molar-refractivity contribution in [1.29, 1.82) is 0 Å². The van der Waals surface area contributed by atoms with Gasteiger partial charge in [0.15, 0.2) is 6.10 Å². The van der Waals surface area contributed by atoms with E-state index in [1.807, 2.05) is 37.3 Å². The molecule has 7 atom stereocenters. The zero-order valence-corrected chi connectivity index (χ0v) is 61.4. The van der Waals surface area contributed by atoms with Gasteiger partial charge in [0.25, 0.3) is 0 Å². The Bertz CT molecular complexity index is 2120. The summed E-state index contributed by atoms with van der Waals surface area (Å²) in [5, 5.41) is 68.4. The molecule has 21 heteroatoms. The predicted octanol–water partition coefficient (Wildman–Crippen LogP) is 6.48. The molecule has 0 aromatic carbocycles. The minimum absolute atomic E-state index is 0. The van der Waals surface area contributed by atoms with Crippen molar-refractivity contribution in [3.8, 4) is 0 Å². The standard InChI is InChI=1S/C69H110O18.3Ca/c1-4-7-9-10-26-35-44-56(60(69(83)84)51-63(74)75)45-37-29-24-25-32-40-48-66(78)87-57(52-85-64(76)46-38-30-22-18-14-12-11-13-16-20-27-34-41-54(6-3)58(67(79)80)49-61(70)71)53-86-65(77)47-39-31-23-19-15-17-21-28-36-43-55(42-33-8-5-2)59(68(81)82)50-62(72)73;;;/h11,13,20-21,27-28,34,36-37,41,43,45,54-60H,4-10,12,14-19,22-26,29-33,35,38-40,42,44,46-53H2,1-3H3,(H,70,71)(H,72,73)(H,74,75)(H,79,80)(H,81,82)(H,83,84);;;/q;3*+2/p-6/b13-11-,27-20-,28-21-,41-34+,43-36+,45-37+;;;. The van der Waals surface area contributed by atoms with Crippen LogP contribution in [0.3, 0.4) is 0 Å². The van der Waals surface area contributed by atoms with Crippen LogP contribution in [0.5, 0.6) is 0 Å². The zero-order chi connectivity index (χ0) is 64.7. The normalized spacial score (nSPS) is 13.9. The third-order valence-electron chi connectivity index (χ3n) is 15.3. The summed E-state index contributed by atoms with van der Waals surface area (Å²) in [4.78, 5) is 107. The molecule has 0 aromatic rings. The molecule has 0 heterocycles. The van der Waals surface area contributed by atoms with E-state index < -0.39 is 115 Å². The summed E-state index contributed by atoms with van der Waals surface area (Å²) in [5.74, 6) is -14.8. The molecule has 90 heavy (non-hydrogen) atoms. The van der Waals surface area contributed by atoms with Gasteiger partial charge in [0, 0.05) is 72.8 Å². The average Bonchev–Trinajstić information content (AvgIpc) is 3.50. The Morgan fingerprint density at radius 1 is 0.356 bits per heavy atom. The number of unbranched alkanes of at least 4 members (excludes halogenated alkanes) is 21. The van der Waals surface area contributed by atoms with Gasteiger partial charge in [-0.15, -0.1) is 0 Å². The van der Waals surface area contributed by atoms with Crippen LogP contribution in [0.1, 0.15) is 252 Å². The summed E-state index contributed by atoms with van der Waals surface area (Å²) < 4.78 is 16.7. The number of carboxylic acids is 6. The zero-order valence-electron chi connectivity index (χ0n) is 54.8. The summed E-state index contributed by atoms with van der Waals surface area (Å²) in [6, 6.07) is 0. The quantitative estimate of drug-likeness (QED) is 0.0157. The number of aliphatic carboxylic acids is 6. The molecule has 0 spiro atoms. The number of carboxylic acid groups (broad SMARTS) is 6. The summed E-state index contributed by atoms with van der Waals surface area (Å²) in [6.07, 6.45) is 44.2. The molecule has 0 saturated heterocycles. The van der Waals surface area contributed by atoms with Gasteiger partial charge >= 0.3 is 131 Å². The molecule has 0 aliphatic carbocycles. The topological polar surface area (TPSA) is 320 Å². The van der Waals surface area contributed by atoms with Crippen molar-refractivity contribution in [1.82, 2.24) is 0 Å². The van der Waals surface area contributed by atoms with Crippen LogP contribution in [0.2, 0.25) is 0 Å². The number of carbonyl (C=O) groups is 9. The third kappa shape index (κ3) is 55.9. The van der Waals surface area contributed by atoms with Crippen LogP contribution in [0.25, 0.3) is 0 Å². The molecule has 0 aromatic heterocycles. The molecule has 0 N–H and O–H groups in total. The van der Waals surface area contributed by atoms with Gasteiger partial charge in [0.05, 0.1) is 0 Å². The number of carbonyl (C=O) groups excluding carboxylic acids is 9. The van der Waals surface area contributed by atoms with Crippen molar-refractivity contribution in [3.05, 3.63) is 72.9 Å². The molecule has 0 aliphatic rings. The molecule has 7 unspecified atom stereocenters. The van der Waals surface area contributed by atoms with Crippen LogP contribution in [0, 0.1) is 35.5 Å². The maximum Gasteiger partial charge on any atom is 2.00 e. The van der Waals surface area contributed by atoms with E-state index >= 15 is 0 Å². The fourth-order valence-corrected chi connectivity index (χ4v) is 10.2. The van der Waals surface area contributed by atoms with E-state index in [1.54, 1.807) is 43.4 Å². The number of esters is 3. The Kier molecular flexibility index (Phi) is 67.9. The first-order valence-electron chi connectivity index (χ1n) is 32.6. The van der Waals surface area contributed by atoms with E-state index in [0.717, 1.165) is 135 Å². The van der Waals surface area contributed by atoms with Crippen LogP contribution < -0.4 is 30.6 Å². The van der Waals surface area contributed by atoms with Crippen LogP contribution >= 0.6 is 0 Å². The van der Waals surface area contributed by atoms with E-state index in [0.29, 0.717) is 57.8 Å². The SMILES string of the molecule is CCCCCCCCC(/C=C/CCCCCCC(=O)OC(COC(=O)CCCCCCC/C=C\C=C\C(CCCCC)C(CC(=O)[O-])C(=O)[O-])COC(=O)CCCCCCC/C=C\C/C=C\C=C\C(CC)C(CC(=O)[O-])C(=O)[O-])C(CC(=O)[O-])C(=O)[O-].[Ca+2].[Ca+2].[Ca+2]. The predicted molar refractivity (Wildman–Crippen MR) is 338 cm³/mol. The van der Waals surface area contributed by atoms with Gasteiger partial charge in [-0.3, -0.25) is 14.4 Å². The molecule has 0 rings (SSSR count). The van der Waals surface area contributed by atoms with E-state index in [2.05, 4.69) is 13.0 Å². The number of hydrogen-bond acceptors (Lipinski definition) is 18. The summed E-state index contributed by atoms with van der Waals surface area (Å²) in [5.41, 5.74) is 0. The monoisotopic (exact) mass is 1340 g/mol. The fourth-order valence-electron chi connectivity index (χ4n) is 10.2. The second-order valence-corrected chi connectivity index (χ2v) is 22.8. The first-order chi connectivity index (χ1) is 41.9. The van der Waals surface area contributed by atoms with Gasteiger partial charge in [-0.1, -0.05) is 203 Å². The Labute approximate surface area is 627 Å². The Hall–Kier alpha value is -2.55. The maximum atomic E-state index is 13.0. The summed E-state index contributed by atoms with van der Waals surface area (Å²) >= 11 is 0. The van der Waals surface area contributed by atoms with Gasteiger partial charge in [-0.2, -0.15) is 0 Å². The van der Waals surface area contributed by atoms with Gasteiger partial charge in [0.1, 0.15) is 13.2 Å². The van der Waals surface area contributed by atoms with Gasteiger partial charge in [0.2, 0.25) is 0 Å². The van der Waals surface area contributed by atoms with Gasteiger partial charge in [-0.25, -0.2) is 0 Å². The fraction of sp³-hybridized carbons (Fsp3) is 0.696. The molecular formula is C69H104Ca3O18. The summed E-state index contributed by atoms with van der Waals surface area (Å²) in [7, 11) is 0. The van der Waals surface area contributed by atoms with Crippen molar-refractivity contribution in [3.63, 3.8) is 0 Å². The van der Waals surface area contributed by atoms with Crippen molar-refractivity contribution >= 4 is 167 Å². The molecule has 0 fully saturated rings. The number of ether oxygens (including phenoxy) is 3. The maximum absolute atomic E-state index is 13.0. The van der Waals surface area contributed by atoms with Crippen LogP contribution in [-0.2, 0) is 57.4 Å². The minimum Gasteiger partial charge on any atom is -0.550 e. The van der Waals surface area contributed by atoms with Crippen molar-refractivity contribution in [2.45, 2.75) is 258 Å². The molecule has 0 radical (unpaired) electrons. The van der Waals surface area contributed by atoms with Crippen LogP contribution in [0.4, 0.5) is 0 Å². The Morgan fingerprint density at radius 2 is 0.711 bits per heavy atom. The van der Waals surface area contributed by atoms with Crippen LogP contribution in [0.15, 0.2) is 72.9 Å². The van der Waals surface area contributed by atoms with E-state index in [1.165, 1.54) is 0 Å². The van der Waals surface area contributed by atoms with Crippen molar-refractivity contribution in [2.24, 2.45) is 35.5 Å². The average molecular weight is 1340 g/mol. The molecule has 0 saturated carbocycles. The Morgan fingerprint density at radius 3 is 1.17 bits per heavy atom. The van der Waals surface area contributed by atoms with Crippen LogP contribution in [-0.4, -0.2) is 186 Å². The number of rotatable bonds is 59. The second-order valence-electron chi connectivity index (χ2n) is 22.8. The molecule has 0 amide bonds. The minimum atomic E-state index is -1.43.